The molecule has 0 atom stereocenters. The minimum absolute atomic E-state index is 0.984. The van der Waals surface area contributed by atoms with Gasteiger partial charge >= 0.3 is 0 Å². The summed E-state index contributed by atoms with van der Waals surface area (Å²) in [6.45, 7) is 2.12. The lowest BCUT2D eigenvalue weighted by molar-refractivity contribution is 1.21. The third-order valence-electron chi connectivity index (χ3n) is 5.84. The fourth-order valence-corrected chi connectivity index (χ4v) is 4.52. The largest absolute Gasteiger partial charge is 0.299 e. The highest BCUT2D eigenvalue weighted by Crippen LogP contribution is 2.44. The first-order valence-corrected chi connectivity index (χ1v) is 10.3. The zero-order chi connectivity index (χ0) is 20.1. The molecular formula is C28H20N2. The van der Waals surface area contributed by atoms with Gasteiger partial charge in [0.1, 0.15) is 5.65 Å². The molecule has 2 nitrogen and oxygen atoms in total. The number of rotatable bonds is 2. The SMILES string of the molecule is Cc1ccn2c(c1)nc1c3ccccc3c(-c3ccccc3)c(-c3ccccc3)c12. The summed E-state index contributed by atoms with van der Waals surface area (Å²) in [5.74, 6) is 0. The van der Waals surface area contributed by atoms with Gasteiger partial charge in [-0.15, -0.1) is 0 Å². The van der Waals surface area contributed by atoms with E-state index in [-0.39, 0.29) is 0 Å². The van der Waals surface area contributed by atoms with Gasteiger partial charge in [0.25, 0.3) is 0 Å². The van der Waals surface area contributed by atoms with Crippen LogP contribution in [0.2, 0.25) is 0 Å². The van der Waals surface area contributed by atoms with Crippen molar-refractivity contribution in [3.63, 3.8) is 0 Å². The summed E-state index contributed by atoms with van der Waals surface area (Å²) in [5.41, 5.74) is 9.32. The Kier molecular flexibility index (Phi) is 3.72. The lowest BCUT2D eigenvalue weighted by Gasteiger charge is -2.16. The van der Waals surface area contributed by atoms with Crippen LogP contribution in [0.4, 0.5) is 0 Å². The Morgan fingerprint density at radius 2 is 1.23 bits per heavy atom. The molecule has 0 spiro atoms. The number of hydrogen-bond acceptors (Lipinski definition) is 1. The van der Waals surface area contributed by atoms with Crippen LogP contribution in [-0.4, -0.2) is 9.38 Å². The topological polar surface area (TPSA) is 17.3 Å². The van der Waals surface area contributed by atoms with E-state index in [9.17, 15) is 0 Å². The van der Waals surface area contributed by atoms with Gasteiger partial charge < -0.3 is 0 Å². The summed E-state index contributed by atoms with van der Waals surface area (Å²) in [6.07, 6.45) is 2.15. The Hall–Kier alpha value is -3.91. The molecule has 4 aromatic carbocycles. The van der Waals surface area contributed by atoms with Gasteiger partial charge in [0.05, 0.1) is 11.0 Å². The van der Waals surface area contributed by atoms with Crippen LogP contribution in [-0.2, 0) is 0 Å². The zero-order valence-electron chi connectivity index (χ0n) is 16.7. The zero-order valence-corrected chi connectivity index (χ0v) is 16.7. The smallest absolute Gasteiger partial charge is 0.138 e. The molecule has 142 valence electrons. The highest BCUT2D eigenvalue weighted by Gasteiger charge is 2.21. The van der Waals surface area contributed by atoms with Crippen LogP contribution in [0, 0.1) is 6.92 Å². The average Bonchev–Trinajstić information content (AvgIpc) is 3.18. The second-order valence-electron chi connectivity index (χ2n) is 7.77. The molecule has 30 heavy (non-hydrogen) atoms. The fraction of sp³-hybridized carbons (Fsp3) is 0.0357. The molecule has 0 saturated carbocycles. The Labute approximate surface area is 175 Å². The van der Waals surface area contributed by atoms with Crippen molar-refractivity contribution in [1.82, 2.24) is 9.38 Å². The maximum Gasteiger partial charge on any atom is 0.138 e. The third kappa shape index (κ3) is 2.47. The number of aromatic nitrogens is 2. The second-order valence-corrected chi connectivity index (χ2v) is 7.77. The summed E-state index contributed by atoms with van der Waals surface area (Å²) >= 11 is 0. The van der Waals surface area contributed by atoms with E-state index in [0.29, 0.717) is 0 Å². The Morgan fingerprint density at radius 3 is 1.93 bits per heavy atom. The summed E-state index contributed by atoms with van der Waals surface area (Å²) in [4.78, 5) is 5.09. The lowest BCUT2D eigenvalue weighted by atomic mass is 9.88. The summed E-state index contributed by atoms with van der Waals surface area (Å²) in [5, 5.41) is 2.42. The maximum absolute atomic E-state index is 5.09. The van der Waals surface area contributed by atoms with Gasteiger partial charge in [-0.25, -0.2) is 4.98 Å². The highest BCUT2D eigenvalue weighted by atomic mass is 15.0. The van der Waals surface area contributed by atoms with Crippen molar-refractivity contribution in [3.05, 3.63) is 109 Å². The van der Waals surface area contributed by atoms with E-state index in [4.69, 9.17) is 4.98 Å². The molecule has 0 unspecified atom stereocenters. The van der Waals surface area contributed by atoms with Gasteiger partial charge in [-0.05, 0) is 46.7 Å². The monoisotopic (exact) mass is 384 g/mol. The maximum atomic E-state index is 5.09. The first-order valence-electron chi connectivity index (χ1n) is 10.3. The molecule has 0 saturated heterocycles. The molecule has 6 rings (SSSR count). The molecule has 0 aliphatic carbocycles. The molecule has 0 fully saturated rings. The number of hydrogen-bond donors (Lipinski definition) is 0. The van der Waals surface area contributed by atoms with E-state index in [1.807, 2.05) is 0 Å². The van der Waals surface area contributed by atoms with Crippen molar-refractivity contribution in [3.8, 4) is 22.3 Å². The fourth-order valence-electron chi connectivity index (χ4n) is 4.52. The van der Waals surface area contributed by atoms with Crippen molar-refractivity contribution in [2.75, 3.05) is 0 Å². The molecule has 6 aromatic rings. The molecule has 0 radical (unpaired) electrons. The van der Waals surface area contributed by atoms with Crippen LogP contribution < -0.4 is 0 Å². The van der Waals surface area contributed by atoms with Gasteiger partial charge in [-0.3, -0.25) is 4.40 Å². The van der Waals surface area contributed by atoms with Crippen molar-refractivity contribution in [2.45, 2.75) is 6.92 Å². The number of nitrogens with zero attached hydrogens (tertiary/aromatic N) is 2. The lowest BCUT2D eigenvalue weighted by Crippen LogP contribution is -1.93. The first-order chi connectivity index (χ1) is 14.8. The van der Waals surface area contributed by atoms with Crippen LogP contribution in [0.25, 0.3) is 49.7 Å². The summed E-state index contributed by atoms with van der Waals surface area (Å²) in [6, 6.07) is 34.3. The predicted molar refractivity (Wildman–Crippen MR) is 126 cm³/mol. The second kappa shape index (κ2) is 6.57. The van der Waals surface area contributed by atoms with Gasteiger partial charge in [-0.2, -0.15) is 0 Å². The quantitative estimate of drug-likeness (QED) is 0.306. The van der Waals surface area contributed by atoms with Crippen molar-refractivity contribution in [2.24, 2.45) is 0 Å². The van der Waals surface area contributed by atoms with Crippen molar-refractivity contribution in [1.29, 1.82) is 0 Å². The molecule has 0 bridgehead atoms. The molecule has 0 N–H and O–H groups in total. The Morgan fingerprint density at radius 1 is 0.633 bits per heavy atom. The van der Waals surface area contributed by atoms with Crippen LogP contribution in [0.1, 0.15) is 5.56 Å². The van der Waals surface area contributed by atoms with E-state index in [1.165, 1.54) is 38.6 Å². The van der Waals surface area contributed by atoms with Crippen LogP contribution >= 0.6 is 0 Å². The van der Waals surface area contributed by atoms with Crippen molar-refractivity contribution < 1.29 is 0 Å². The van der Waals surface area contributed by atoms with Gasteiger partial charge in [0, 0.05) is 17.1 Å². The van der Waals surface area contributed by atoms with Crippen molar-refractivity contribution >= 4 is 27.5 Å². The van der Waals surface area contributed by atoms with E-state index in [1.54, 1.807) is 0 Å². The molecule has 0 aliphatic heterocycles. The highest BCUT2D eigenvalue weighted by molar-refractivity contribution is 6.20. The number of fused-ring (bicyclic) bond motifs is 5. The van der Waals surface area contributed by atoms with Gasteiger partial charge in [0.15, 0.2) is 0 Å². The van der Waals surface area contributed by atoms with Crippen LogP contribution in [0.3, 0.4) is 0 Å². The number of imidazole rings is 1. The van der Waals surface area contributed by atoms with E-state index >= 15 is 0 Å². The third-order valence-corrected chi connectivity index (χ3v) is 5.84. The minimum Gasteiger partial charge on any atom is -0.299 e. The minimum atomic E-state index is 0.984. The molecule has 2 heterocycles. The molecular weight excluding hydrogens is 364 g/mol. The van der Waals surface area contributed by atoms with E-state index in [2.05, 4.69) is 115 Å². The Balaban J connectivity index is 1.93. The predicted octanol–water partition coefficient (Wildman–Crippen LogP) is 7.28. The molecule has 0 aliphatic rings. The first kappa shape index (κ1) is 17.0. The Bertz CT molecular complexity index is 1530. The number of aryl methyl sites for hydroxylation is 1. The molecule has 2 aromatic heterocycles. The summed E-state index contributed by atoms with van der Waals surface area (Å²) < 4.78 is 2.24. The van der Waals surface area contributed by atoms with Crippen LogP contribution in [0.15, 0.2) is 103 Å². The number of benzene rings is 4. The van der Waals surface area contributed by atoms with Gasteiger partial charge in [-0.1, -0.05) is 84.9 Å². The van der Waals surface area contributed by atoms with E-state index < -0.39 is 0 Å². The molecule has 0 amide bonds. The normalized spacial score (nSPS) is 11.5. The standard InChI is InChI=1S/C28H20N2/c1-19-16-17-30-24(18-19)29-27-23-15-9-8-14-22(23)25(20-10-4-2-5-11-20)26(28(27)30)21-12-6-3-7-13-21/h2-18H,1H3. The van der Waals surface area contributed by atoms with Crippen LogP contribution in [0.5, 0.6) is 0 Å². The number of pyridine rings is 1. The summed E-state index contributed by atoms with van der Waals surface area (Å²) in [7, 11) is 0. The molecule has 2 heteroatoms. The average molecular weight is 384 g/mol. The van der Waals surface area contributed by atoms with Gasteiger partial charge in [0.2, 0.25) is 0 Å². The van der Waals surface area contributed by atoms with E-state index in [0.717, 1.165) is 16.7 Å².